The van der Waals surface area contributed by atoms with Gasteiger partial charge >= 0.3 is 5.97 Å². The van der Waals surface area contributed by atoms with Gasteiger partial charge in [-0.3, -0.25) is 9.69 Å². The van der Waals surface area contributed by atoms with Crippen LogP contribution in [0.5, 0.6) is 17.2 Å². The van der Waals surface area contributed by atoms with Gasteiger partial charge in [-0.25, -0.2) is 24.3 Å². The molecule has 1 aliphatic rings. The molecule has 0 aliphatic carbocycles. The number of hydrogen-bond acceptors (Lipinski definition) is 11. The Labute approximate surface area is 368 Å². The first-order valence-electron chi connectivity index (χ1n) is 20.4. The molecule has 318 valence electrons. The Kier molecular flexibility index (Phi) is 13.3. The molecule has 1 atom stereocenters. The van der Waals surface area contributed by atoms with Crippen LogP contribution in [0.15, 0.2) is 104 Å². The van der Waals surface area contributed by atoms with E-state index in [9.17, 15) is 14.3 Å². The smallest absolute Gasteiger partial charge is 0.307 e. The number of carbonyl (C=O) groups is 1. The van der Waals surface area contributed by atoms with Gasteiger partial charge in [-0.1, -0.05) is 48.0 Å². The van der Waals surface area contributed by atoms with Crippen LogP contribution in [-0.2, 0) is 24.2 Å². The Morgan fingerprint density at radius 2 is 1.65 bits per heavy atom. The molecule has 62 heavy (non-hydrogen) atoms. The van der Waals surface area contributed by atoms with Crippen LogP contribution in [0.4, 0.5) is 4.39 Å². The number of aromatic nitrogens is 4. The summed E-state index contributed by atoms with van der Waals surface area (Å²) in [5.74, 6) is 0.242. The summed E-state index contributed by atoms with van der Waals surface area (Å²) in [7, 11) is 3.75. The number of carboxylic acids is 1. The SMILES string of the molecule is COc1ccc(-c2nccc(COc3ccccc3C[C@@H](Cc3ncnc4sc(-c5ccc(F)cc5)c(-c5ccc(OCCN6CCN(C)CC6)c(Cl)c5C)c34)C(=O)O)n2)cc1. The number of piperazine rings is 1. The van der Waals surface area contributed by atoms with Crippen LogP contribution < -0.4 is 14.2 Å². The molecule has 0 bridgehead atoms. The van der Waals surface area contributed by atoms with Gasteiger partial charge in [0.1, 0.15) is 47.4 Å². The van der Waals surface area contributed by atoms with Crippen molar-refractivity contribution in [1.82, 2.24) is 29.7 Å². The molecule has 1 saturated heterocycles. The summed E-state index contributed by atoms with van der Waals surface area (Å²) in [6.45, 7) is 7.44. The first-order valence-corrected chi connectivity index (χ1v) is 21.6. The fraction of sp³-hybridized carbons (Fsp3) is 0.271. The van der Waals surface area contributed by atoms with Gasteiger partial charge in [-0.05, 0) is 97.2 Å². The number of methoxy groups -OCH3 is 1. The maximum absolute atomic E-state index is 14.2. The fourth-order valence-electron chi connectivity index (χ4n) is 7.67. The number of nitrogens with zero attached hydrogens (tertiary/aromatic N) is 6. The molecule has 8 rings (SSSR count). The van der Waals surface area contributed by atoms with Gasteiger partial charge in [0.15, 0.2) is 5.82 Å². The lowest BCUT2D eigenvalue weighted by atomic mass is 9.90. The van der Waals surface area contributed by atoms with Crippen molar-refractivity contribution < 1.29 is 28.5 Å². The van der Waals surface area contributed by atoms with E-state index < -0.39 is 11.9 Å². The summed E-state index contributed by atoms with van der Waals surface area (Å²) in [5, 5.41) is 11.9. The van der Waals surface area contributed by atoms with E-state index in [0.717, 1.165) is 82.1 Å². The van der Waals surface area contributed by atoms with E-state index in [2.05, 4.69) is 26.8 Å². The van der Waals surface area contributed by atoms with Gasteiger partial charge < -0.3 is 24.2 Å². The van der Waals surface area contributed by atoms with Gasteiger partial charge in [0, 0.05) is 66.7 Å². The first-order chi connectivity index (χ1) is 30.1. The molecule has 7 aromatic rings. The lowest BCUT2D eigenvalue weighted by Gasteiger charge is -2.32. The summed E-state index contributed by atoms with van der Waals surface area (Å²) in [4.78, 5) is 37.9. The Bertz CT molecular complexity index is 2670. The molecular formula is C48H46ClFN6O5S. The Morgan fingerprint density at radius 1 is 0.887 bits per heavy atom. The van der Waals surface area contributed by atoms with Crippen molar-refractivity contribution in [3.8, 4) is 50.2 Å². The zero-order valence-electron chi connectivity index (χ0n) is 34.7. The van der Waals surface area contributed by atoms with E-state index in [1.54, 1.807) is 31.5 Å². The summed E-state index contributed by atoms with van der Waals surface area (Å²) in [6.07, 6.45) is 3.44. The lowest BCUT2D eigenvalue weighted by molar-refractivity contribution is -0.141. The molecule has 0 saturated carbocycles. The normalized spacial score (nSPS) is 13.9. The number of carboxylic acid groups (broad SMARTS) is 1. The van der Waals surface area contributed by atoms with Crippen molar-refractivity contribution in [2.75, 3.05) is 53.5 Å². The van der Waals surface area contributed by atoms with E-state index in [-0.39, 0.29) is 25.3 Å². The molecule has 1 N–H and O–H groups in total. The largest absolute Gasteiger partial charge is 0.497 e. The van der Waals surface area contributed by atoms with E-state index in [1.807, 2.05) is 67.6 Å². The predicted octanol–water partition coefficient (Wildman–Crippen LogP) is 9.28. The number of fused-ring (bicyclic) bond motifs is 1. The van der Waals surface area contributed by atoms with Crippen LogP contribution in [0, 0.1) is 18.7 Å². The first kappa shape index (κ1) is 42.7. The van der Waals surface area contributed by atoms with Crippen LogP contribution in [-0.4, -0.2) is 94.3 Å². The minimum atomic E-state index is -0.973. The topological polar surface area (TPSA) is 123 Å². The highest BCUT2D eigenvalue weighted by Gasteiger charge is 2.27. The van der Waals surface area contributed by atoms with Gasteiger partial charge in [0.2, 0.25) is 0 Å². The van der Waals surface area contributed by atoms with Crippen LogP contribution >= 0.6 is 22.9 Å². The van der Waals surface area contributed by atoms with Crippen molar-refractivity contribution in [2.24, 2.45) is 5.92 Å². The molecule has 0 radical (unpaired) electrons. The third-order valence-corrected chi connectivity index (χ3v) is 12.8. The summed E-state index contributed by atoms with van der Waals surface area (Å²) in [5.41, 5.74) is 6.04. The Balaban J connectivity index is 1.07. The van der Waals surface area contributed by atoms with E-state index >= 15 is 0 Å². The van der Waals surface area contributed by atoms with Crippen LogP contribution in [0.1, 0.15) is 22.5 Å². The van der Waals surface area contributed by atoms with Crippen LogP contribution in [0.3, 0.4) is 0 Å². The standard InChI is InChI=1S/C48H46ClFN6O5S/c1-30-38(16-17-41(44(30)49)60-25-24-56-22-20-55(2)21-23-56)42-43-39(52-29-53-47(43)62-45(42)31-8-12-35(50)13-9-31)27-34(48(57)58)26-33-6-4-5-7-40(33)61-28-36-18-19-51-46(54-36)32-10-14-37(59-3)15-11-32/h4-19,29,34H,20-28H2,1-3H3,(H,57,58)/t34-/m0/s1. The van der Waals surface area contributed by atoms with Gasteiger partial charge in [0.25, 0.3) is 0 Å². The molecule has 1 aliphatic heterocycles. The highest BCUT2D eigenvalue weighted by atomic mass is 35.5. The lowest BCUT2D eigenvalue weighted by Crippen LogP contribution is -2.45. The minimum absolute atomic E-state index is 0.104. The molecule has 1 fully saturated rings. The number of para-hydroxylation sites is 1. The molecule has 0 amide bonds. The molecular weight excluding hydrogens is 827 g/mol. The van der Waals surface area contributed by atoms with E-state index in [0.29, 0.717) is 45.2 Å². The number of ether oxygens (including phenoxy) is 3. The minimum Gasteiger partial charge on any atom is -0.497 e. The third kappa shape index (κ3) is 9.71. The predicted molar refractivity (Wildman–Crippen MR) is 241 cm³/mol. The highest BCUT2D eigenvalue weighted by molar-refractivity contribution is 7.22. The van der Waals surface area contributed by atoms with Gasteiger partial charge in [-0.15, -0.1) is 11.3 Å². The zero-order valence-corrected chi connectivity index (χ0v) is 36.3. The number of aliphatic carboxylic acids is 1. The molecule has 14 heteroatoms. The Morgan fingerprint density at radius 3 is 2.40 bits per heavy atom. The van der Waals surface area contributed by atoms with Crippen molar-refractivity contribution in [3.05, 3.63) is 137 Å². The second-order valence-corrected chi connectivity index (χ2v) is 16.7. The second kappa shape index (κ2) is 19.4. The number of rotatable bonds is 16. The monoisotopic (exact) mass is 872 g/mol. The summed E-state index contributed by atoms with van der Waals surface area (Å²) >= 11 is 8.53. The second-order valence-electron chi connectivity index (χ2n) is 15.3. The molecule has 3 aromatic heterocycles. The van der Waals surface area contributed by atoms with E-state index in [4.69, 9.17) is 35.8 Å². The van der Waals surface area contributed by atoms with Crippen molar-refractivity contribution in [1.29, 1.82) is 0 Å². The Hall–Kier alpha value is -5.99. The molecule has 0 spiro atoms. The average Bonchev–Trinajstić information content (AvgIpc) is 3.68. The van der Waals surface area contributed by atoms with Crippen molar-refractivity contribution in [3.63, 3.8) is 0 Å². The number of thiophene rings is 1. The quantitative estimate of drug-likeness (QED) is 0.100. The van der Waals surface area contributed by atoms with Gasteiger partial charge in [-0.2, -0.15) is 0 Å². The molecule has 0 unspecified atom stereocenters. The van der Waals surface area contributed by atoms with Gasteiger partial charge in [0.05, 0.1) is 29.4 Å². The molecule has 4 aromatic carbocycles. The number of likely N-dealkylation sites (N-methyl/N-ethyl adjacent to an activating group) is 1. The third-order valence-electron chi connectivity index (χ3n) is 11.2. The van der Waals surface area contributed by atoms with Crippen LogP contribution in [0.25, 0.3) is 43.2 Å². The average molecular weight is 873 g/mol. The van der Waals surface area contributed by atoms with Crippen molar-refractivity contribution >= 4 is 39.1 Å². The van der Waals surface area contributed by atoms with E-state index in [1.165, 1.54) is 29.8 Å². The zero-order chi connectivity index (χ0) is 43.2. The molecule has 4 heterocycles. The highest BCUT2D eigenvalue weighted by Crippen LogP contribution is 2.48. The molecule has 11 nitrogen and oxygen atoms in total. The van der Waals surface area contributed by atoms with Crippen LogP contribution in [0.2, 0.25) is 5.02 Å². The summed E-state index contributed by atoms with van der Waals surface area (Å²) < 4.78 is 32.0. The fourth-order valence-corrected chi connectivity index (χ4v) is 9.08. The summed E-state index contributed by atoms with van der Waals surface area (Å²) in [6, 6.07) is 26.9. The number of hydrogen-bond donors (Lipinski definition) is 1. The number of halogens is 2. The maximum atomic E-state index is 14.2. The number of benzene rings is 4. The van der Waals surface area contributed by atoms with Crippen molar-refractivity contribution in [2.45, 2.75) is 26.4 Å². The maximum Gasteiger partial charge on any atom is 0.307 e.